The first-order chi connectivity index (χ1) is 13.4. The maximum atomic E-state index is 12.5. The minimum atomic E-state index is -0.688. The average Bonchev–Trinajstić information content (AvgIpc) is 2.70. The summed E-state index contributed by atoms with van der Waals surface area (Å²) in [5, 5.41) is 5.18. The maximum Gasteiger partial charge on any atom is 0.342 e. The largest absolute Gasteiger partial charge is 0.497 e. The second kappa shape index (κ2) is 9.63. The van der Waals surface area contributed by atoms with Crippen molar-refractivity contribution in [1.82, 2.24) is 10.6 Å². The highest BCUT2D eigenvalue weighted by atomic mass is 16.5. The second-order valence-corrected chi connectivity index (χ2v) is 5.81. The van der Waals surface area contributed by atoms with Crippen LogP contribution in [0.25, 0.3) is 0 Å². The Kier molecular flexibility index (Phi) is 7.25. The number of hydrogen-bond donors (Lipinski definition) is 2. The predicted octanol–water partition coefficient (Wildman–Crippen LogP) is 1.77. The number of ether oxygens (including phenoxy) is 4. The van der Waals surface area contributed by atoms with Gasteiger partial charge in [-0.15, -0.1) is 0 Å². The molecule has 0 spiro atoms. The zero-order chi connectivity index (χ0) is 20.7. The lowest BCUT2D eigenvalue weighted by atomic mass is 10.0. The molecule has 152 valence electrons. The van der Waals surface area contributed by atoms with Gasteiger partial charge in [-0.05, 0) is 31.5 Å². The van der Waals surface area contributed by atoms with Gasteiger partial charge in [0.2, 0.25) is 0 Å². The van der Waals surface area contributed by atoms with Gasteiger partial charge >= 0.3 is 18.0 Å². The van der Waals surface area contributed by atoms with E-state index in [-0.39, 0.29) is 30.0 Å². The molecule has 0 saturated heterocycles. The van der Waals surface area contributed by atoms with E-state index in [2.05, 4.69) is 10.6 Å². The van der Waals surface area contributed by atoms with Gasteiger partial charge in [-0.1, -0.05) is 6.92 Å². The molecule has 1 aromatic rings. The van der Waals surface area contributed by atoms with Crippen LogP contribution in [0.2, 0.25) is 0 Å². The monoisotopic (exact) mass is 392 g/mol. The van der Waals surface area contributed by atoms with Crippen molar-refractivity contribution in [3.05, 3.63) is 35.0 Å². The molecule has 2 amide bonds. The average molecular weight is 392 g/mol. The number of hydrogen-bond acceptors (Lipinski definition) is 7. The Hall–Kier alpha value is -3.23. The SMILES string of the molecule is CCOC(=O)C1=C(COC(=O)c2cc(OC)ccc2OC)NC(=O)N[C@@H]1CC. The molecule has 28 heavy (non-hydrogen) atoms. The Morgan fingerprint density at radius 3 is 2.43 bits per heavy atom. The standard InChI is InChI=1S/C19H24N2O7/c1-5-13-16(18(23)27-6-2)14(21-19(24)20-13)10-28-17(22)12-9-11(25-3)7-8-15(12)26-4/h7-9,13H,5-6,10H2,1-4H3,(H2,20,21,24)/t13-/m1/s1. The summed E-state index contributed by atoms with van der Waals surface area (Å²) >= 11 is 0. The molecule has 1 aromatic carbocycles. The van der Waals surface area contributed by atoms with Crippen LogP contribution in [0.15, 0.2) is 29.5 Å². The van der Waals surface area contributed by atoms with Crippen LogP contribution >= 0.6 is 0 Å². The van der Waals surface area contributed by atoms with E-state index >= 15 is 0 Å². The first kappa shape index (κ1) is 21.1. The Bertz CT molecular complexity index is 788. The lowest BCUT2D eigenvalue weighted by Gasteiger charge is -2.28. The molecule has 0 saturated carbocycles. The van der Waals surface area contributed by atoms with Crippen LogP contribution in [0.1, 0.15) is 30.6 Å². The third-order valence-electron chi connectivity index (χ3n) is 4.12. The summed E-state index contributed by atoms with van der Waals surface area (Å²) in [5.74, 6) is -0.495. The summed E-state index contributed by atoms with van der Waals surface area (Å²) in [6, 6.07) is 3.70. The molecule has 1 aliphatic heterocycles. The Balaban J connectivity index is 2.27. The minimum Gasteiger partial charge on any atom is -0.497 e. The van der Waals surface area contributed by atoms with Crippen molar-refractivity contribution in [2.24, 2.45) is 0 Å². The minimum absolute atomic E-state index is 0.160. The van der Waals surface area contributed by atoms with Gasteiger partial charge in [0.05, 0.1) is 38.1 Å². The van der Waals surface area contributed by atoms with E-state index < -0.39 is 24.0 Å². The number of benzene rings is 1. The number of carbonyl (C=O) groups is 3. The fraction of sp³-hybridized carbons (Fsp3) is 0.421. The van der Waals surface area contributed by atoms with E-state index in [9.17, 15) is 14.4 Å². The van der Waals surface area contributed by atoms with Gasteiger partial charge in [-0.3, -0.25) is 0 Å². The second-order valence-electron chi connectivity index (χ2n) is 5.81. The quantitative estimate of drug-likeness (QED) is 0.649. The van der Waals surface area contributed by atoms with Crippen molar-refractivity contribution in [2.45, 2.75) is 26.3 Å². The number of nitrogens with one attached hydrogen (secondary N) is 2. The third kappa shape index (κ3) is 4.73. The van der Waals surface area contributed by atoms with Crippen LogP contribution in [0, 0.1) is 0 Å². The lowest BCUT2D eigenvalue weighted by molar-refractivity contribution is -0.139. The van der Waals surface area contributed by atoms with Crippen molar-refractivity contribution in [3.8, 4) is 11.5 Å². The first-order valence-electron chi connectivity index (χ1n) is 8.81. The van der Waals surface area contributed by atoms with E-state index in [1.54, 1.807) is 19.1 Å². The summed E-state index contributed by atoms with van der Waals surface area (Å²) < 4.78 is 20.7. The third-order valence-corrected chi connectivity index (χ3v) is 4.12. The molecule has 0 fully saturated rings. The molecule has 0 bridgehead atoms. The molecule has 9 heteroatoms. The maximum absolute atomic E-state index is 12.5. The van der Waals surface area contributed by atoms with Crippen molar-refractivity contribution in [2.75, 3.05) is 27.4 Å². The molecular formula is C19H24N2O7. The molecule has 9 nitrogen and oxygen atoms in total. The topological polar surface area (TPSA) is 112 Å². The number of urea groups is 1. The van der Waals surface area contributed by atoms with Crippen LogP contribution in [0.4, 0.5) is 4.79 Å². The van der Waals surface area contributed by atoms with Gasteiger partial charge in [0.25, 0.3) is 0 Å². The normalized spacial score (nSPS) is 16.0. The molecule has 0 aliphatic carbocycles. The van der Waals surface area contributed by atoms with Gasteiger partial charge in [0, 0.05) is 0 Å². The predicted molar refractivity (Wildman–Crippen MR) is 99.2 cm³/mol. The van der Waals surface area contributed by atoms with E-state index in [4.69, 9.17) is 18.9 Å². The summed E-state index contributed by atoms with van der Waals surface area (Å²) in [6.07, 6.45) is 0.475. The molecule has 2 N–H and O–H groups in total. The molecule has 1 atom stereocenters. The van der Waals surface area contributed by atoms with Crippen LogP contribution in [0.3, 0.4) is 0 Å². The molecule has 0 radical (unpaired) electrons. The Morgan fingerprint density at radius 2 is 1.82 bits per heavy atom. The van der Waals surface area contributed by atoms with Gasteiger partial charge in [-0.2, -0.15) is 0 Å². The highest BCUT2D eigenvalue weighted by molar-refractivity contribution is 5.96. The first-order valence-corrected chi connectivity index (χ1v) is 8.81. The van der Waals surface area contributed by atoms with Gasteiger partial charge < -0.3 is 29.6 Å². The van der Waals surface area contributed by atoms with Crippen molar-refractivity contribution >= 4 is 18.0 Å². The fourth-order valence-corrected chi connectivity index (χ4v) is 2.76. The van der Waals surface area contributed by atoms with E-state index in [1.807, 2.05) is 6.92 Å². The van der Waals surface area contributed by atoms with Gasteiger partial charge in [0.1, 0.15) is 23.7 Å². The van der Waals surface area contributed by atoms with Crippen LogP contribution in [-0.4, -0.2) is 51.4 Å². The lowest BCUT2D eigenvalue weighted by Crippen LogP contribution is -2.51. The van der Waals surface area contributed by atoms with Crippen molar-refractivity contribution in [1.29, 1.82) is 0 Å². The van der Waals surface area contributed by atoms with Crippen molar-refractivity contribution < 1.29 is 33.3 Å². The number of amides is 2. The summed E-state index contributed by atoms with van der Waals surface area (Å²) in [7, 11) is 2.90. The van der Waals surface area contributed by atoms with Crippen LogP contribution < -0.4 is 20.1 Å². The molecule has 0 unspecified atom stereocenters. The molecule has 1 aliphatic rings. The smallest absolute Gasteiger partial charge is 0.342 e. The molecular weight excluding hydrogens is 368 g/mol. The highest BCUT2D eigenvalue weighted by Crippen LogP contribution is 2.25. The fourth-order valence-electron chi connectivity index (χ4n) is 2.76. The van der Waals surface area contributed by atoms with Gasteiger partial charge in [0.15, 0.2) is 0 Å². The zero-order valence-electron chi connectivity index (χ0n) is 16.3. The number of esters is 2. The summed E-state index contributed by atoms with van der Waals surface area (Å²) in [4.78, 5) is 36.8. The summed E-state index contributed by atoms with van der Waals surface area (Å²) in [5.41, 5.74) is 0.575. The number of carbonyl (C=O) groups excluding carboxylic acids is 3. The van der Waals surface area contributed by atoms with Crippen molar-refractivity contribution in [3.63, 3.8) is 0 Å². The molecule has 0 aromatic heterocycles. The highest BCUT2D eigenvalue weighted by Gasteiger charge is 2.32. The van der Waals surface area contributed by atoms with Crippen LogP contribution in [0.5, 0.6) is 11.5 Å². The van der Waals surface area contributed by atoms with Crippen LogP contribution in [-0.2, 0) is 14.3 Å². The molecule has 1 heterocycles. The van der Waals surface area contributed by atoms with E-state index in [0.717, 1.165) is 0 Å². The number of rotatable bonds is 8. The Morgan fingerprint density at radius 1 is 1.07 bits per heavy atom. The Labute approximate surface area is 163 Å². The summed E-state index contributed by atoms with van der Waals surface area (Å²) in [6.45, 7) is 3.38. The number of methoxy groups -OCH3 is 2. The zero-order valence-corrected chi connectivity index (χ0v) is 16.3. The van der Waals surface area contributed by atoms with E-state index in [0.29, 0.717) is 17.9 Å². The van der Waals surface area contributed by atoms with E-state index in [1.165, 1.54) is 20.3 Å². The molecule has 2 rings (SSSR count). The van der Waals surface area contributed by atoms with Gasteiger partial charge in [-0.25, -0.2) is 14.4 Å².